The van der Waals surface area contributed by atoms with Gasteiger partial charge in [-0.1, -0.05) is 42.5 Å². The number of nitrogens with zero attached hydrogens (tertiary/aromatic N) is 2. The molecule has 3 rings (SSSR count). The molecule has 0 saturated carbocycles. The maximum atomic E-state index is 11.8. The molecule has 0 spiro atoms. The molecular formula is C19H16N4O2. The number of carbonyl (C=O) groups is 2. The fourth-order valence-corrected chi connectivity index (χ4v) is 2.34. The number of fused-ring (bicyclic) bond motifs is 1. The van der Waals surface area contributed by atoms with Gasteiger partial charge in [0.2, 0.25) is 0 Å². The van der Waals surface area contributed by atoms with Gasteiger partial charge in [0.15, 0.2) is 0 Å². The van der Waals surface area contributed by atoms with Crippen LogP contribution in [0, 0.1) is 0 Å². The Kier molecular flexibility index (Phi) is 5.11. The average molecular weight is 332 g/mol. The van der Waals surface area contributed by atoms with Crippen molar-refractivity contribution in [2.24, 2.45) is 5.10 Å². The van der Waals surface area contributed by atoms with Crippen molar-refractivity contribution < 1.29 is 9.59 Å². The molecule has 0 fully saturated rings. The molecule has 1 aromatic heterocycles. The second-order valence-electron chi connectivity index (χ2n) is 5.31. The van der Waals surface area contributed by atoms with Crippen LogP contribution in [0.5, 0.6) is 0 Å². The molecule has 1 heterocycles. The van der Waals surface area contributed by atoms with Gasteiger partial charge in [0.25, 0.3) is 0 Å². The molecule has 0 unspecified atom stereocenters. The average Bonchev–Trinajstić information content (AvgIpc) is 2.67. The fraction of sp³-hybridized carbons (Fsp3) is 0.0526. The summed E-state index contributed by atoms with van der Waals surface area (Å²) < 4.78 is 0. The largest absolute Gasteiger partial charge is 0.344 e. The Hall–Kier alpha value is -3.54. The third-order valence-corrected chi connectivity index (χ3v) is 3.60. The Morgan fingerprint density at radius 2 is 1.72 bits per heavy atom. The minimum atomic E-state index is -0.814. The summed E-state index contributed by atoms with van der Waals surface area (Å²) in [5.41, 5.74) is 3.95. The molecule has 25 heavy (non-hydrogen) atoms. The number of hydrogen-bond acceptors (Lipinski definition) is 4. The SMILES string of the molecule is O=C(NCc1ccncc1)C(=O)N/N=C\c1cccc2ccccc12. The van der Waals surface area contributed by atoms with Gasteiger partial charge in [0, 0.05) is 24.5 Å². The minimum absolute atomic E-state index is 0.252. The van der Waals surface area contributed by atoms with Crippen molar-refractivity contribution in [3.63, 3.8) is 0 Å². The van der Waals surface area contributed by atoms with Crippen LogP contribution in [0.25, 0.3) is 10.8 Å². The fourth-order valence-electron chi connectivity index (χ4n) is 2.34. The summed E-state index contributed by atoms with van der Waals surface area (Å²) in [6.07, 6.45) is 4.77. The lowest BCUT2D eigenvalue weighted by Crippen LogP contribution is -2.37. The Morgan fingerprint density at radius 3 is 2.56 bits per heavy atom. The van der Waals surface area contributed by atoms with Crippen molar-refractivity contribution in [2.75, 3.05) is 0 Å². The molecule has 2 amide bonds. The smallest absolute Gasteiger partial charge is 0.329 e. The van der Waals surface area contributed by atoms with Crippen LogP contribution in [0.4, 0.5) is 0 Å². The highest BCUT2D eigenvalue weighted by Crippen LogP contribution is 2.16. The van der Waals surface area contributed by atoms with E-state index >= 15 is 0 Å². The summed E-state index contributed by atoms with van der Waals surface area (Å²) in [4.78, 5) is 27.4. The third kappa shape index (κ3) is 4.26. The number of carbonyl (C=O) groups excluding carboxylic acids is 2. The number of pyridine rings is 1. The molecule has 3 aromatic rings. The first-order chi connectivity index (χ1) is 12.2. The van der Waals surface area contributed by atoms with E-state index in [-0.39, 0.29) is 6.54 Å². The molecule has 0 aliphatic carbocycles. The molecule has 0 atom stereocenters. The number of nitrogens with one attached hydrogen (secondary N) is 2. The van der Waals surface area contributed by atoms with Gasteiger partial charge in [-0.05, 0) is 28.5 Å². The Balaban J connectivity index is 1.57. The summed E-state index contributed by atoms with van der Waals surface area (Å²) in [5, 5.41) is 8.49. The highest BCUT2D eigenvalue weighted by molar-refractivity contribution is 6.35. The van der Waals surface area contributed by atoms with Crippen LogP contribution in [0.1, 0.15) is 11.1 Å². The maximum absolute atomic E-state index is 11.8. The van der Waals surface area contributed by atoms with Crippen LogP contribution in [0.2, 0.25) is 0 Å². The highest BCUT2D eigenvalue weighted by atomic mass is 16.2. The van der Waals surface area contributed by atoms with E-state index in [0.29, 0.717) is 0 Å². The van der Waals surface area contributed by atoms with E-state index < -0.39 is 11.8 Å². The van der Waals surface area contributed by atoms with Gasteiger partial charge >= 0.3 is 11.8 Å². The van der Waals surface area contributed by atoms with E-state index in [1.165, 1.54) is 6.21 Å². The normalized spacial score (nSPS) is 10.7. The summed E-state index contributed by atoms with van der Waals surface area (Å²) in [6, 6.07) is 17.2. The first kappa shape index (κ1) is 16.3. The van der Waals surface area contributed by atoms with Crippen LogP contribution in [-0.2, 0) is 16.1 Å². The molecule has 124 valence electrons. The zero-order valence-electron chi connectivity index (χ0n) is 13.3. The zero-order valence-corrected chi connectivity index (χ0v) is 13.3. The second kappa shape index (κ2) is 7.83. The molecule has 0 aliphatic rings. The van der Waals surface area contributed by atoms with Gasteiger partial charge in [0.05, 0.1) is 6.21 Å². The first-order valence-electron chi connectivity index (χ1n) is 7.72. The van der Waals surface area contributed by atoms with E-state index in [9.17, 15) is 9.59 Å². The summed E-state index contributed by atoms with van der Waals surface area (Å²) in [5.74, 6) is -1.56. The van der Waals surface area contributed by atoms with Crippen LogP contribution < -0.4 is 10.7 Å². The minimum Gasteiger partial charge on any atom is -0.344 e. The van der Waals surface area contributed by atoms with Crippen molar-refractivity contribution in [1.82, 2.24) is 15.7 Å². The summed E-state index contributed by atoms with van der Waals surface area (Å²) in [7, 11) is 0. The number of hydrazone groups is 1. The van der Waals surface area contributed by atoms with E-state index in [4.69, 9.17) is 0 Å². The monoisotopic (exact) mass is 332 g/mol. The van der Waals surface area contributed by atoms with E-state index in [1.807, 2.05) is 42.5 Å². The van der Waals surface area contributed by atoms with E-state index in [1.54, 1.807) is 24.5 Å². The number of hydrogen-bond donors (Lipinski definition) is 2. The number of amides is 2. The lowest BCUT2D eigenvalue weighted by atomic mass is 10.1. The Bertz CT molecular complexity index is 918. The third-order valence-electron chi connectivity index (χ3n) is 3.60. The van der Waals surface area contributed by atoms with Gasteiger partial charge in [-0.3, -0.25) is 14.6 Å². The Labute approximate surface area is 144 Å². The van der Waals surface area contributed by atoms with Crippen LogP contribution >= 0.6 is 0 Å². The lowest BCUT2D eigenvalue weighted by Gasteiger charge is -2.04. The molecule has 0 bridgehead atoms. The quantitative estimate of drug-likeness (QED) is 0.435. The predicted molar refractivity (Wildman–Crippen MR) is 95.8 cm³/mol. The standard InChI is InChI=1S/C19H16N4O2/c24-18(21-12-14-8-10-20-11-9-14)19(25)23-22-13-16-6-3-5-15-4-1-2-7-17(15)16/h1-11,13H,12H2,(H,21,24)(H,23,25)/b22-13-. The molecule has 0 saturated heterocycles. The van der Waals surface area contributed by atoms with Gasteiger partial charge in [-0.2, -0.15) is 5.10 Å². The highest BCUT2D eigenvalue weighted by Gasteiger charge is 2.11. The van der Waals surface area contributed by atoms with E-state index in [2.05, 4.69) is 20.8 Å². The molecule has 6 nitrogen and oxygen atoms in total. The van der Waals surface area contributed by atoms with Gasteiger partial charge in [0.1, 0.15) is 0 Å². The number of benzene rings is 2. The molecule has 6 heteroatoms. The summed E-state index contributed by atoms with van der Waals surface area (Å²) in [6.45, 7) is 0.252. The maximum Gasteiger partial charge on any atom is 0.329 e. The van der Waals surface area contributed by atoms with Gasteiger partial charge in [-0.25, -0.2) is 5.43 Å². The first-order valence-corrected chi connectivity index (χ1v) is 7.72. The molecular weight excluding hydrogens is 316 g/mol. The van der Waals surface area contributed by atoms with Gasteiger partial charge in [-0.15, -0.1) is 0 Å². The van der Waals surface area contributed by atoms with Crippen molar-refractivity contribution >= 4 is 28.8 Å². The topological polar surface area (TPSA) is 83.5 Å². The van der Waals surface area contributed by atoms with Crippen LogP contribution in [0.15, 0.2) is 72.1 Å². The lowest BCUT2D eigenvalue weighted by molar-refractivity contribution is -0.139. The summed E-state index contributed by atoms with van der Waals surface area (Å²) >= 11 is 0. The van der Waals surface area contributed by atoms with Crippen molar-refractivity contribution in [2.45, 2.75) is 6.54 Å². The van der Waals surface area contributed by atoms with Crippen molar-refractivity contribution in [3.8, 4) is 0 Å². The Morgan fingerprint density at radius 1 is 0.960 bits per heavy atom. The van der Waals surface area contributed by atoms with Crippen molar-refractivity contribution in [3.05, 3.63) is 78.1 Å². The number of rotatable bonds is 4. The molecule has 2 N–H and O–H groups in total. The molecule has 0 aliphatic heterocycles. The van der Waals surface area contributed by atoms with Gasteiger partial charge < -0.3 is 5.32 Å². The molecule has 0 radical (unpaired) electrons. The van der Waals surface area contributed by atoms with E-state index in [0.717, 1.165) is 21.9 Å². The van der Waals surface area contributed by atoms with Crippen LogP contribution in [-0.4, -0.2) is 23.0 Å². The van der Waals surface area contributed by atoms with Crippen molar-refractivity contribution in [1.29, 1.82) is 0 Å². The van der Waals surface area contributed by atoms with Crippen LogP contribution in [0.3, 0.4) is 0 Å². The predicted octanol–water partition coefficient (Wildman–Crippen LogP) is 2.00. The number of aromatic nitrogens is 1. The molecule has 2 aromatic carbocycles. The zero-order chi connectivity index (χ0) is 17.5. The second-order valence-corrected chi connectivity index (χ2v) is 5.31.